The van der Waals surface area contributed by atoms with Crippen molar-refractivity contribution >= 4 is 28.1 Å². The molecule has 32 heavy (non-hydrogen) atoms. The standard InChI is InChI=1S/C25H29FN4O2/c26-22-12-18-14-27-24(13-23(18)30(25(22)32)21-5-1-2-6-21)28-19-7-9-20(10-8-19)29-11-3-4-17(15-29)16-31/h7-10,12-14,17,21,31H,1-6,11,15-16H2,(H,27,28). The van der Waals surface area contributed by atoms with Crippen LogP contribution in [0, 0.1) is 11.7 Å². The fraction of sp³-hybridized carbons (Fsp3) is 0.440. The highest BCUT2D eigenvalue weighted by atomic mass is 19.1. The molecule has 1 saturated carbocycles. The van der Waals surface area contributed by atoms with Gasteiger partial charge >= 0.3 is 0 Å². The molecule has 7 heteroatoms. The molecule has 1 atom stereocenters. The van der Waals surface area contributed by atoms with E-state index in [4.69, 9.17) is 0 Å². The molecule has 0 amide bonds. The van der Waals surface area contributed by atoms with Crippen LogP contribution in [-0.2, 0) is 0 Å². The van der Waals surface area contributed by atoms with E-state index in [-0.39, 0.29) is 12.6 Å². The number of piperidine rings is 1. The van der Waals surface area contributed by atoms with Crippen LogP contribution in [0.4, 0.5) is 21.6 Å². The van der Waals surface area contributed by atoms with Gasteiger partial charge in [-0.15, -0.1) is 0 Å². The topological polar surface area (TPSA) is 70.4 Å². The molecule has 2 N–H and O–H groups in total. The number of benzene rings is 1. The second-order valence-electron chi connectivity index (χ2n) is 9.04. The van der Waals surface area contributed by atoms with Gasteiger partial charge in [0.25, 0.3) is 5.56 Å². The molecule has 2 aliphatic rings. The SMILES string of the molecule is O=c1c(F)cc2cnc(Nc3ccc(N4CCCC(CO)C4)cc3)cc2n1C1CCCC1. The maximum atomic E-state index is 14.3. The highest BCUT2D eigenvalue weighted by Gasteiger charge is 2.22. The molecule has 5 rings (SSSR count). The van der Waals surface area contributed by atoms with Crippen LogP contribution in [0.1, 0.15) is 44.6 Å². The fourth-order valence-corrected chi connectivity index (χ4v) is 5.14. The van der Waals surface area contributed by atoms with Gasteiger partial charge in [0.15, 0.2) is 5.82 Å². The number of aliphatic hydroxyl groups excluding tert-OH is 1. The Bertz CT molecular complexity index is 1160. The smallest absolute Gasteiger partial charge is 0.287 e. The first-order valence-corrected chi connectivity index (χ1v) is 11.6. The number of nitrogens with zero attached hydrogens (tertiary/aromatic N) is 3. The third-order valence-electron chi connectivity index (χ3n) is 6.85. The van der Waals surface area contributed by atoms with Crippen molar-refractivity contribution in [3.05, 3.63) is 58.8 Å². The number of aliphatic hydroxyl groups is 1. The Labute approximate surface area is 186 Å². The molecule has 3 aromatic rings. The molecule has 0 radical (unpaired) electrons. The van der Waals surface area contributed by atoms with Crippen molar-refractivity contribution in [2.45, 2.75) is 44.6 Å². The minimum absolute atomic E-state index is 0.0440. The van der Waals surface area contributed by atoms with Gasteiger partial charge in [-0.25, -0.2) is 9.37 Å². The number of hydrogen-bond acceptors (Lipinski definition) is 5. The zero-order valence-electron chi connectivity index (χ0n) is 18.1. The summed E-state index contributed by atoms with van der Waals surface area (Å²) < 4.78 is 15.9. The van der Waals surface area contributed by atoms with Gasteiger partial charge in [0.05, 0.1) is 5.52 Å². The van der Waals surface area contributed by atoms with Crippen molar-refractivity contribution in [1.82, 2.24) is 9.55 Å². The number of fused-ring (bicyclic) bond motifs is 1. The monoisotopic (exact) mass is 436 g/mol. The Morgan fingerprint density at radius 3 is 2.62 bits per heavy atom. The van der Waals surface area contributed by atoms with E-state index in [1.165, 1.54) is 6.07 Å². The summed E-state index contributed by atoms with van der Waals surface area (Å²) in [5.74, 6) is 0.246. The van der Waals surface area contributed by atoms with E-state index in [0.29, 0.717) is 17.1 Å². The van der Waals surface area contributed by atoms with E-state index < -0.39 is 11.4 Å². The summed E-state index contributed by atoms with van der Waals surface area (Å²) in [6, 6.07) is 11.4. The molecule has 1 aliphatic heterocycles. The first-order chi connectivity index (χ1) is 15.6. The Hall–Kier alpha value is -2.93. The first-order valence-electron chi connectivity index (χ1n) is 11.6. The third-order valence-corrected chi connectivity index (χ3v) is 6.85. The predicted molar refractivity (Wildman–Crippen MR) is 125 cm³/mol. The fourth-order valence-electron chi connectivity index (χ4n) is 5.14. The summed E-state index contributed by atoms with van der Waals surface area (Å²) in [7, 11) is 0. The van der Waals surface area contributed by atoms with Gasteiger partial charge in [-0.3, -0.25) is 4.79 Å². The van der Waals surface area contributed by atoms with Crippen LogP contribution in [-0.4, -0.2) is 34.4 Å². The van der Waals surface area contributed by atoms with Crippen LogP contribution < -0.4 is 15.8 Å². The molecule has 1 unspecified atom stereocenters. The largest absolute Gasteiger partial charge is 0.396 e. The number of hydrogen-bond donors (Lipinski definition) is 2. The lowest BCUT2D eigenvalue weighted by Gasteiger charge is -2.33. The van der Waals surface area contributed by atoms with Crippen molar-refractivity contribution in [2.24, 2.45) is 5.92 Å². The lowest BCUT2D eigenvalue weighted by atomic mass is 9.98. The average Bonchev–Trinajstić information content (AvgIpc) is 3.35. The molecule has 3 heterocycles. The summed E-state index contributed by atoms with van der Waals surface area (Å²) >= 11 is 0. The van der Waals surface area contributed by atoms with E-state index >= 15 is 0 Å². The first kappa shape index (κ1) is 20.9. The Kier molecular flexibility index (Phi) is 5.83. The van der Waals surface area contributed by atoms with E-state index in [2.05, 4.69) is 27.3 Å². The average molecular weight is 437 g/mol. The van der Waals surface area contributed by atoms with Crippen LogP contribution in [0.15, 0.2) is 47.4 Å². The molecule has 0 bridgehead atoms. The molecule has 6 nitrogen and oxygen atoms in total. The summed E-state index contributed by atoms with van der Waals surface area (Å²) in [6.45, 7) is 2.12. The van der Waals surface area contributed by atoms with Crippen LogP contribution in [0.3, 0.4) is 0 Å². The van der Waals surface area contributed by atoms with Crippen molar-refractivity contribution in [3.8, 4) is 0 Å². The van der Waals surface area contributed by atoms with E-state index in [9.17, 15) is 14.3 Å². The maximum absolute atomic E-state index is 14.3. The molecule has 2 fully saturated rings. The van der Waals surface area contributed by atoms with Gasteiger partial charge in [0.1, 0.15) is 5.82 Å². The minimum atomic E-state index is -0.719. The maximum Gasteiger partial charge on any atom is 0.287 e. The van der Waals surface area contributed by atoms with Gasteiger partial charge in [-0.1, -0.05) is 12.8 Å². The quantitative estimate of drug-likeness (QED) is 0.612. The van der Waals surface area contributed by atoms with Gasteiger partial charge in [0.2, 0.25) is 0 Å². The predicted octanol–water partition coefficient (Wildman–Crippen LogP) is 4.60. The van der Waals surface area contributed by atoms with E-state index in [1.807, 2.05) is 18.2 Å². The van der Waals surface area contributed by atoms with Crippen LogP contribution in [0.25, 0.3) is 10.9 Å². The van der Waals surface area contributed by atoms with Crippen molar-refractivity contribution in [1.29, 1.82) is 0 Å². The zero-order chi connectivity index (χ0) is 22.1. The van der Waals surface area contributed by atoms with Gasteiger partial charge in [-0.2, -0.15) is 0 Å². The zero-order valence-corrected chi connectivity index (χ0v) is 18.1. The number of halogens is 1. The second kappa shape index (κ2) is 8.90. The molecule has 0 spiro atoms. The Balaban J connectivity index is 1.40. The van der Waals surface area contributed by atoms with E-state index in [0.717, 1.165) is 68.5 Å². The highest BCUT2D eigenvalue weighted by molar-refractivity contribution is 5.81. The van der Waals surface area contributed by atoms with Crippen molar-refractivity contribution in [3.63, 3.8) is 0 Å². The number of pyridine rings is 2. The van der Waals surface area contributed by atoms with Crippen LogP contribution in [0.2, 0.25) is 0 Å². The molecular formula is C25H29FN4O2. The molecule has 1 aromatic carbocycles. The number of nitrogens with one attached hydrogen (secondary N) is 1. The van der Waals surface area contributed by atoms with Crippen molar-refractivity contribution < 1.29 is 9.50 Å². The lowest BCUT2D eigenvalue weighted by molar-refractivity contribution is 0.209. The van der Waals surface area contributed by atoms with Crippen LogP contribution >= 0.6 is 0 Å². The number of rotatable bonds is 5. The van der Waals surface area contributed by atoms with Gasteiger partial charge in [-0.05, 0) is 61.9 Å². The normalized spacial score (nSPS) is 19.6. The molecule has 2 aromatic heterocycles. The van der Waals surface area contributed by atoms with Gasteiger partial charge in [0, 0.05) is 54.8 Å². The second-order valence-corrected chi connectivity index (χ2v) is 9.04. The summed E-state index contributed by atoms with van der Waals surface area (Å²) in [4.78, 5) is 19.4. The Morgan fingerprint density at radius 1 is 1.09 bits per heavy atom. The summed E-state index contributed by atoms with van der Waals surface area (Å²) in [6.07, 6.45) is 7.73. The Morgan fingerprint density at radius 2 is 1.88 bits per heavy atom. The molecule has 1 aliphatic carbocycles. The molecule has 1 saturated heterocycles. The minimum Gasteiger partial charge on any atom is -0.396 e. The molecule has 168 valence electrons. The molecular weight excluding hydrogens is 407 g/mol. The summed E-state index contributed by atoms with van der Waals surface area (Å²) in [5.41, 5.74) is 2.22. The summed E-state index contributed by atoms with van der Waals surface area (Å²) in [5, 5.41) is 13.4. The van der Waals surface area contributed by atoms with E-state index in [1.54, 1.807) is 10.8 Å². The number of anilines is 3. The highest BCUT2D eigenvalue weighted by Crippen LogP contribution is 2.32. The van der Waals surface area contributed by atoms with Gasteiger partial charge < -0.3 is 19.9 Å². The van der Waals surface area contributed by atoms with Crippen LogP contribution in [0.5, 0.6) is 0 Å². The number of aromatic nitrogens is 2. The van der Waals surface area contributed by atoms with Crippen molar-refractivity contribution in [2.75, 3.05) is 29.9 Å². The third kappa shape index (κ3) is 4.09. The lowest BCUT2D eigenvalue weighted by Crippen LogP contribution is -2.36.